The van der Waals surface area contributed by atoms with Crippen LogP contribution in [0, 0.1) is 22.7 Å². The van der Waals surface area contributed by atoms with Crippen molar-refractivity contribution in [3.63, 3.8) is 0 Å². The second kappa shape index (κ2) is 6.64. The number of fused-ring (bicyclic) bond motifs is 3. The lowest BCUT2D eigenvalue weighted by molar-refractivity contribution is 1.18. The summed E-state index contributed by atoms with van der Waals surface area (Å²) in [5.41, 5.74) is 5.99. The minimum Gasteiger partial charge on any atom is -0.309 e. The van der Waals surface area contributed by atoms with E-state index in [1.165, 1.54) is 0 Å². The van der Waals surface area contributed by atoms with Crippen LogP contribution in [0.3, 0.4) is 0 Å². The van der Waals surface area contributed by atoms with Gasteiger partial charge in [0.25, 0.3) is 0 Å². The van der Waals surface area contributed by atoms with E-state index in [0.29, 0.717) is 11.1 Å². The summed E-state index contributed by atoms with van der Waals surface area (Å²) in [6.07, 6.45) is 3.45. The maximum Gasteiger partial charge on any atom is 0.0998 e. The Morgan fingerprint density at radius 1 is 0.724 bits per heavy atom. The summed E-state index contributed by atoms with van der Waals surface area (Å²) in [4.78, 5) is 4.08. The lowest BCUT2D eigenvalue weighted by atomic mass is 10.0. The van der Waals surface area contributed by atoms with E-state index in [2.05, 4.69) is 33.8 Å². The smallest absolute Gasteiger partial charge is 0.0998 e. The molecule has 0 amide bonds. The van der Waals surface area contributed by atoms with Gasteiger partial charge >= 0.3 is 0 Å². The van der Waals surface area contributed by atoms with Crippen LogP contribution >= 0.6 is 0 Å². The average molecular weight is 370 g/mol. The zero-order chi connectivity index (χ0) is 19.8. The lowest BCUT2D eigenvalue weighted by Gasteiger charge is -2.11. The van der Waals surface area contributed by atoms with Crippen LogP contribution in [-0.2, 0) is 0 Å². The van der Waals surface area contributed by atoms with Crippen molar-refractivity contribution in [2.45, 2.75) is 0 Å². The van der Waals surface area contributed by atoms with Crippen LogP contribution in [0.2, 0.25) is 0 Å². The molecule has 0 atom stereocenters. The van der Waals surface area contributed by atoms with Gasteiger partial charge in [-0.1, -0.05) is 24.3 Å². The van der Waals surface area contributed by atoms with Gasteiger partial charge in [0.2, 0.25) is 0 Å². The van der Waals surface area contributed by atoms with E-state index in [1.54, 1.807) is 12.4 Å². The summed E-state index contributed by atoms with van der Waals surface area (Å²) in [6, 6.07) is 28.1. The Morgan fingerprint density at radius 3 is 2.31 bits per heavy atom. The molecule has 0 spiro atoms. The molecule has 2 heterocycles. The van der Waals surface area contributed by atoms with E-state index in [0.717, 1.165) is 38.6 Å². The standard InChI is InChI=1S/C25H14N4/c26-15-17-5-8-22-21-3-1-2-4-24(21)29(25(22)13-17)20-7-6-19(16-27)23(14-20)18-9-11-28-12-10-18/h1-14H. The highest BCUT2D eigenvalue weighted by Crippen LogP contribution is 2.34. The molecule has 2 aromatic heterocycles. The monoisotopic (exact) mass is 370 g/mol. The van der Waals surface area contributed by atoms with Gasteiger partial charge in [0, 0.05) is 34.4 Å². The molecule has 0 aliphatic carbocycles. The molecule has 4 heteroatoms. The molecule has 134 valence electrons. The molecule has 0 bridgehead atoms. The summed E-state index contributed by atoms with van der Waals surface area (Å²) in [5, 5.41) is 21.2. The summed E-state index contributed by atoms with van der Waals surface area (Å²) < 4.78 is 2.15. The Kier molecular flexibility index (Phi) is 3.83. The molecule has 0 aliphatic rings. The molecule has 5 aromatic rings. The summed E-state index contributed by atoms with van der Waals surface area (Å²) in [5.74, 6) is 0. The number of para-hydroxylation sites is 1. The lowest BCUT2D eigenvalue weighted by Crippen LogP contribution is -1.96. The van der Waals surface area contributed by atoms with E-state index < -0.39 is 0 Å². The van der Waals surface area contributed by atoms with Crippen molar-refractivity contribution in [3.05, 3.63) is 96.3 Å². The molecular formula is C25H14N4. The van der Waals surface area contributed by atoms with Gasteiger partial charge in [0.05, 0.1) is 34.3 Å². The van der Waals surface area contributed by atoms with E-state index in [4.69, 9.17) is 0 Å². The van der Waals surface area contributed by atoms with Gasteiger partial charge in [-0.3, -0.25) is 4.98 Å². The van der Waals surface area contributed by atoms with Crippen LogP contribution in [-0.4, -0.2) is 9.55 Å². The third-order valence-electron chi connectivity index (χ3n) is 5.18. The van der Waals surface area contributed by atoms with Gasteiger partial charge in [-0.2, -0.15) is 10.5 Å². The first-order valence-corrected chi connectivity index (χ1v) is 9.18. The Morgan fingerprint density at radius 2 is 1.52 bits per heavy atom. The van der Waals surface area contributed by atoms with Crippen molar-refractivity contribution in [1.29, 1.82) is 10.5 Å². The van der Waals surface area contributed by atoms with Crippen molar-refractivity contribution in [3.8, 4) is 29.0 Å². The normalized spacial score (nSPS) is 10.7. The van der Waals surface area contributed by atoms with Crippen molar-refractivity contribution in [1.82, 2.24) is 9.55 Å². The van der Waals surface area contributed by atoms with Crippen molar-refractivity contribution < 1.29 is 0 Å². The van der Waals surface area contributed by atoms with Crippen molar-refractivity contribution in [2.24, 2.45) is 0 Å². The molecule has 29 heavy (non-hydrogen) atoms. The number of aromatic nitrogens is 2. The molecular weight excluding hydrogens is 356 g/mol. The molecule has 3 aromatic carbocycles. The Labute approximate surface area is 167 Å². The van der Waals surface area contributed by atoms with E-state index in [-0.39, 0.29) is 0 Å². The van der Waals surface area contributed by atoms with Crippen molar-refractivity contribution >= 4 is 21.8 Å². The summed E-state index contributed by atoms with van der Waals surface area (Å²) in [7, 11) is 0. The van der Waals surface area contributed by atoms with Crippen LogP contribution < -0.4 is 0 Å². The fraction of sp³-hybridized carbons (Fsp3) is 0. The number of pyridine rings is 1. The molecule has 0 radical (unpaired) electrons. The number of nitrogens with zero attached hydrogens (tertiary/aromatic N) is 4. The molecule has 0 saturated heterocycles. The zero-order valence-electron chi connectivity index (χ0n) is 15.4. The van der Waals surface area contributed by atoms with Gasteiger partial charge in [0.1, 0.15) is 0 Å². The largest absolute Gasteiger partial charge is 0.309 e. The first-order valence-electron chi connectivity index (χ1n) is 9.18. The first kappa shape index (κ1) is 16.7. The highest BCUT2D eigenvalue weighted by Gasteiger charge is 2.14. The molecule has 0 saturated carbocycles. The summed E-state index contributed by atoms with van der Waals surface area (Å²) >= 11 is 0. The van der Waals surface area contributed by atoms with Gasteiger partial charge in [-0.15, -0.1) is 0 Å². The minimum atomic E-state index is 0.610. The number of rotatable bonds is 2. The van der Waals surface area contributed by atoms with Gasteiger partial charge < -0.3 is 4.57 Å². The number of hydrogen-bond donors (Lipinski definition) is 0. The maximum atomic E-state index is 9.60. The predicted molar refractivity (Wildman–Crippen MR) is 113 cm³/mol. The topological polar surface area (TPSA) is 65.4 Å². The second-order valence-electron chi connectivity index (χ2n) is 6.77. The van der Waals surface area contributed by atoms with E-state index in [9.17, 15) is 10.5 Å². The van der Waals surface area contributed by atoms with E-state index in [1.807, 2.05) is 60.7 Å². The maximum absolute atomic E-state index is 9.60. The highest BCUT2D eigenvalue weighted by molar-refractivity contribution is 6.09. The molecule has 4 nitrogen and oxygen atoms in total. The van der Waals surface area contributed by atoms with Crippen LogP contribution in [0.5, 0.6) is 0 Å². The van der Waals surface area contributed by atoms with Crippen LogP contribution in [0.4, 0.5) is 0 Å². The predicted octanol–water partition coefficient (Wildman–Crippen LogP) is 5.59. The van der Waals surface area contributed by atoms with Crippen LogP contribution in [0.15, 0.2) is 85.2 Å². The molecule has 0 aliphatic heterocycles. The van der Waals surface area contributed by atoms with Crippen LogP contribution in [0.25, 0.3) is 38.6 Å². The zero-order valence-corrected chi connectivity index (χ0v) is 15.4. The quantitative estimate of drug-likeness (QED) is 0.407. The summed E-state index contributed by atoms with van der Waals surface area (Å²) in [6.45, 7) is 0. The minimum absolute atomic E-state index is 0.610. The van der Waals surface area contributed by atoms with Gasteiger partial charge in [0.15, 0.2) is 0 Å². The number of benzene rings is 3. The Bertz CT molecular complexity index is 1460. The number of nitriles is 2. The van der Waals surface area contributed by atoms with Crippen molar-refractivity contribution in [2.75, 3.05) is 0 Å². The fourth-order valence-electron chi connectivity index (χ4n) is 3.86. The third kappa shape index (κ3) is 2.64. The number of hydrogen-bond acceptors (Lipinski definition) is 3. The molecule has 0 unspecified atom stereocenters. The third-order valence-corrected chi connectivity index (χ3v) is 5.18. The fourth-order valence-corrected chi connectivity index (χ4v) is 3.86. The average Bonchev–Trinajstić information content (AvgIpc) is 3.12. The van der Waals surface area contributed by atoms with Crippen LogP contribution in [0.1, 0.15) is 11.1 Å². The van der Waals surface area contributed by atoms with Gasteiger partial charge in [-0.25, -0.2) is 0 Å². The van der Waals surface area contributed by atoms with Gasteiger partial charge in [-0.05, 0) is 54.1 Å². The van der Waals surface area contributed by atoms with E-state index >= 15 is 0 Å². The Balaban J connectivity index is 1.86. The SMILES string of the molecule is N#Cc1ccc2c3ccccc3n(-c3ccc(C#N)c(-c4ccncc4)c3)c2c1. The first-order chi connectivity index (χ1) is 14.3. The Hall–Kier alpha value is -4.41. The molecule has 5 rings (SSSR count). The molecule has 0 N–H and O–H groups in total. The highest BCUT2D eigenvalue weighted by atomic mass is 15.0. The molecule has 0 fully saturated rings. The second-order valence-corrected chi connectivity index (χ2v) is 6.77.